The molecular formula is C16H28N2O2S. The van der Waals surface area contributed by atoms with Gasteiger partial charge in [0.2, 0.25) is 11.8 Å². The summed E-state index contributed by atoms with van der Waals surface area (Å²) in [4.78, 5) is 29.0. The minimum Gasteiger partial charge on any atom is -0.340 e. The third-order valence-electron chi connectivity index (χ3n) is 4.25. The molecule has 2 amide bonds. The van der Waals surface area contributed by atoms with E-state index in [1.54, 1.807) is 0 Å². The molecule has 0 aromatic rings. The fourth-order valence-corrected chi connectivity index (χ4v) is 4.03. The first kappa shape index (κ1) is 16.7. The molecule has 2 fully saturated rings. The van der Waals surface area contributed by atoms with E-state index >= 15 is 0 Å². The van der Waals surface area contributed by atoms with Crippen LogP contribution in [-0.2, 0) is 9.59 Å². The number of likely N-dealkylation sites (tertiary alicyclic amines) is 1. The van der Waals surface area contributed by atoms with Gasteiger partial charge in [0.05, 0.1) is 0 Å². The minimum absolute atomic E-state index is 0.171. The maximum absolute atomic E-state index is 13.0. The van der Waals surface area contributed by atoms with Crippen LogP contribution in [0, 0.1) is 5.92 Å². The van der Waals surface area contributed by atoms with E-state index in [0.29, 0.717) is 12.3 Å². The van der Waals surface area contributed by atoms with Gasteiger partial charge in [-0.05, 0) is 37.4 Å². The molecule has 2 rings (SSSR count). The fraction of sp³-hybridized carbons (Fsp3) is 0.875. The topological polar surface area (TPSA) is 40.6 Å². The van der Waals surface area contributed by atoms with Crippen LogP contribution in [0.2, 0.25) is 0 Å². The Balaban J connectivity index is 2.09. The van der Waals surface area contributed by atoms with Crippen LogP contribution >= 0.6 is 11.8 Å². The van der Waals surface area contributed by atoms with E-state index in [2.05, 4.69) is 13.8 Å². The molecule has 21 heavy (non-hydrogen) atoms. The molecule has 120 valence electrons. The molecule has 2 heterocycles. The van der Waals surface area contributed by atoms with Crippen LogP contribution in [-0.4, -0.2) is 58.8 Å². The number of hydrogen-bond donors (Lipinski definition) is 0. The number of nitrogens with zero attached hydrogens (tertiary/aromatic N) is 2. The molecule has 0 aliphatic carbocycles. The lowest BCUT2D eigenvalue weighted by Crippen LogP contribution is -2.53. The molecule has 0 bridgehead atoms. The third-order valence-corrected chi connectivity index (χ3v) is 5.30. The van der Waals surface area contributed by atoms with Gasteiger partial charge in [0.25, 0.3) is 0 Å². The minimum atomic E-state index is -0.235. The Morgan fingerprint density at radius 1 is 1.14 bits per heavy atom. The highest BCUT2D eigenvalue weighted by Crippen LogP contribution is 2.22. The molecule has 0 saturated carbocycles. The summed E-state index contributed by atoms with van der Waals surface area (Å²) in [6.07, 6.45) is 4.46. The van der Waals surface area contributed by atoms with Crippen molar-refractivity contribution >= 4 is 23.6 Å². The van der Waals surface area contributed by atoms with Crippen LogP contribution in [0.4, 0.5) is 0 Å². The number of rotatable bonds is 4. The first-order chi connectivity index (χ1) is 10.1. The highest BCUT2D eigenvalue weighted by molar-refractivity contribution is 7.99. The van der Waals surface area contributed by atoms with Gasteiger partial charge in [-0.25, -0.2) is 0 Å². The molecule has 0 aromatic carbocycles. The van der Waals surface area contributed by atoms with E-state index in [0.717, 1.165) is 56.8 Å². The Bertz CT molecular complexity index is 365. The zero-order chi connectivity index (χ0) is 15.2. The second-order valence-corrected chi connectivity index (χ2v) is 7.71. The van der Waals surface area contributed by atoms with E-state index in [1.165, 1.54) is 0 Å². The lowest BCUT2D eigenvalue weighted by molar-refractivity contribution is -0.148. The van der Waals surface area contributed by atoms with E-state index in [1.807, 2.05) is 21.6 Å². The maximum atomic E-state index is 13.0. The average Bonchev–Trinajstić information content (AvgIpc) is 2.74. The van der Waals surface area contributed by atoms with Gasteiger partial charge in [0, 0.05) is 31.8 Å². The van der Waals surface area contributed by atoms with Crippen LogP contribution in [0.5, 0.6) is 0 Å². The molecule has 2 aliphatic heterocycles. The lowest BCUT2D eigenvalue weighted by Gasteiger charge is -2.37. The molecule has 0 N–H and O–H groups in total. The lowest BCUT2D eigenvalue weighted by atomic mass is 9.98. The van der Waals surface area contributed by atoms with Gasteiger partial charge in [-0.15, -0.1) is 0 Å². The number of hydrogen-bond acceptors (Lipinski definition) is 3. The van der Waals surface area contributed by atoms with Crippen molar-refractivity contribution in [1.29, 1.82) is 0 Å². The summed E-state index contributed by atoms with van der Waals surface area (Å²) in [5.41, 5.74) is 0. The number of amides is 2. The van der Waals surface area contributed by atoms with Gasteiger partial charge in [0.15, 0.2) is 0 Å². The first-order valence-corrected chi connectivity index (χ1v) is 9.41. The van der Waals surface area contributed by atoms with Crippen molar-refractivity contribution < 1.29 is 9.59 Å². The van der Waals surface area contributed by atoms with Gasteiger partial charge in [-0.1, -0.05) is 13.8 Å². The van der Waals surface area contributed by atoms with Crippen LogP contribution in [0.25, 0.3) is 0 Å². The largest absolute Gasteiger partial charge is 0.340 e. The second kappa shape index (κ2) is 8.06. The summed E-state index contributed by atoms with van der Waals surface area (Å²) in [7, 11) is 0. The molecule has 0 spiro atoms. The Morgan fingerprint density at radius 3 is 2.67 bits per heavy atom. The summed E-state index contributed by atoms with van der Waals surface area (Å²) in [5, 5.41) is 0. The van der Waals surface area contributed by atoms with E-state index in [4.69, 9.17) is 0 Å². The van der Waals surface area contributed by atoms with E-state index in [-0.39, 0.29) is 17.9 Å². The predicted molar refractivity (Wildman–Crippen MR) is 87.3 cm³/mol. The van der Waals surface area contributed by atoms with Crippen LogP contribution < -0.4 is 0 Å². The van der Waals surface area contributed by atoms with Crippen LogP contribution in [0.1, 0.15) is 46.0 Å². The molecule has 2 aliphatic rings. The number of carbonyl (C=O) groups excluding carboxylic acids is 2. The van der Waals surface area contributed by atoms with Crippen molar-refractivity contribution in [2.75, 3.05) is 31.1 Å². The normalized spacial score (nSPS) is 22.3. The van der Waals surface area contributed by atoms with Gasteiger partial charge in [-0.2, -0.15) is 11.8 Å². The molecular weight excluding hydrogens is 284 g/mol. The molecule has 1 atom stereocenters. The second-order valence-electron chi connectivity index (χ2n) is 6.48. The number of carbonyl (C=O) groups is 2. The molecule has 0 aromatic heterocycles. The molecule has 5 heteroatoms. The monoisotopic (exact) mass is 312 g/mol. The zero-order valence-corrected chi connectivity index (χ0v) is 14.2. The Morgan fingerprint density at radius 2 is 1.95 bits per heavy atom. The van der Waals surface area contributed by atoms with Crippen molar-refractivity contribution in [1.82, 2.24) is 9.80 Å². The highest BCUT2D eigenvalue weighted by atomic mass is 32.2. The number of piperidine rings is 1. The predicted octanol–water partition coefficient (Wildman–Crippen LogP) is 2.38. The third kappa shape index (κ3) is 4.63. The van der Waals surface area contributed by atoms with Crippen LogP contribution in [0.3, 0.4) is 0 Å². The van der Waals surface area contributed by atoms with Crippen molar-refractivity contribution in [2.45, 2.75) is 52.0 Å². The fourth-order valence-electron chi connectivity index (χ4n) is 3.14. The maximum Gasteiger partial charge on any atom is 0.245 e. The van der Waals surface area contributed by atoms with E-state index < -0.39 is 0 Å². The number of thioether (sulfide) groups is 1. The molecule has 2 saturated heterocycles. The smallest absolute Gasteiger partial charge is 0.245 e. The summed E-state index contributed by atoms with van der Waals surface area (Å²) in [6.45, 7) is 6.70. The van der Waals surface area contributed by atoms with Crippen molar-refractivity contribution in [3.8, 4) is 0 Å². The van der Waals surface area contributed by atoms with Crippen molar-refractivity contribution in [3.05, 3.63) is 0 Å². The Hall–Kier alpha value is -0.710. The SMILES string of the molecule is CC(C)C[C@H](C(=O)N1CCCSCC1)N1CCCCC1=O. The summed E-state index contributed by atoms with van der Waals surface area (Å²) >= 11 is 1.92. The quantitative estimate of drug-likeness (QED) is 0.800. The Labute approximate surface area is 132 Å². The van der Waals surface area contributed by atoms with E-state index in [9.17, 15) is 9.59 Å². The van der Waals surface area contributed by atoms with Crippen molar-refractivity contribution in [2.24, 2.45) is 5.92 Å². The summed E-state index contributed by atoms with van der Waals surface area (Å²) in [6, 6.07) is -0.235. The van der Waals surface area contributed by atoms with Crippen molar-refractivity contribution in [3.63, 3.8) is 0 Å². The summed E-state index contributed by atoms with van der Waals surface area (Å²) in [5.74, 6) is 2.94. The molecule has 4 nitrogen and oxygen atoms in total. The standard InChI is InChI=1S/C16H28N2O2S/c1-13(2)12-14(18-8-4-3-6-15(18)19)16(20)17-7-5-10-21-11-9-17/h13-14H,3-12H2,1-2H3/t14-/m1/s1. The van der Waals surface area contributed by atoms with Crippen LogP contribution in [0.15, 0.2) is 0 Å². The first-order valence-electron chi connectivity index (χ1n) is 8.25. The van der Waals surface area contributed by atoms with Gasteiger partial charge < -0.3 is 9.80 Å². The Kier molecular flexibility index (Phi) is 6.40. The average molecular weight is 312 g/mol. The molecule has 0 unspecified atom stereocenters. The summed E-state index contributed by atoms with van der Waals surface area (Å²) < 4.78 is 0. The van der Waals surface area contributed by atoms with Gasteiger partial charge in [0.1, 0.15) is 6.04 Å². The highest BCUT2D eigenvalue weighted by Gasteiger charge is 2.34. The van der Waals surface area contributed by atoms with Gasteiger partial charge >= 0.3 is 0 Å². The van der Waals surface area contributed by atoms with Gasteiger partial charge in [-0.3, -0.25) is 9.59 Å². The molecule has 0 radical (unpaired) electrons. The zero-order valence-electron chi connectivity index (χ0n) is 13.3.